The first kappa shape index (κ1) is 8.48. The molecule has 0 heterocycles. The Morgan fingerprint density at radius 1 is 1.45 bits per heavy atom. The molecule has 0 saturated heterocycles. The second kappa shape index (κ2) is 3.68. The van der Waals surface area contributed by atoms with Crippen LogP contribution in [0.4, 0.5) is 0 Å². The van der Waals surface area contributed by atoms with Gasteiger partial charge in [-0.1, -0.05) is 19.8 Å². The van der Waals surface area contributed by atoms with Gasteiger partial charge in [-0.05, 0) is 24.7 Å². The Kier molecular flexibility index (Phi) is 2.84. The molecule has 62 valence electrons. The van der Waals surface area contributed by atoms with Crippen LogP contribution in [0.25, 0.3) is 0 Å². The number of hydrogen-bond donors (Lipinski definition) is 0. The van der Waals surface area contributed by atoms with E-state index in [1.54, 1.807) is 6.08 Å². The molecule has 1 rings (SSSR count). The maximum Gasteiger partial charge on any atom is 0.234 e. The molecular weight excluding hydrogens is 138 g/mol. The first-order valence-corrected chi connectivity index (χ1v) is 4.37. The van der Waals surface area contributed by atoms with Crippen LogP contribution in [0.5, 0.6) is 0 Å². The fourth-order valence-corrected chi connectivity index (χ4v) is 1.95. The number of carbonyl (C=O) groups excluding carboxylic acids is 1. The molecule has 1 aliphatic carbocycles. The number of nitrogens with zero attached hydrogens (tertiary/aromatic N) is 1. The maximum atomic E-state index is 9.93. The van der Waals surface area contributed by atoms with Crippen molar-refractivity contribution >= 4 is 6.08 Å². The summed E-state index contributed by atoms with van der Waals surface area (Å²) >= 11 is 0. The van der Waals surface area contributed by atoms with E-state index in [4.69, 9.17) is 0 Å². The lowest BCUT2D eigenvalue weighted by Crippen LogP contribution is -2.18. The minimum atomic E-state index is 0.359. The summed E-state index contributed by atoms with van der Waals surface area (Å²) in [4.78, 5) is 13.6. The zero-order chi connectivity index (χ0) is 8.16. The highest BCUT2D eigenvalue weighted by atomic mass is 16.1. The van der Waals surface area contributed by atoms with Crippen LogP contribution in [0.2, 0.25) is 0 Å². The van der Waals surface area contributed by atoms with E-state index in [-0.39, 0.29) is 0 Å². The van der Waals surface area contributed by atoms with Crippen LogP contribution in [-0.2, 0) is 4.79 Å². The number of isocyanates is 1. The highest BCUT2D eigenvalue weighted by Gasteiger charge is 2.31. The third kappa shape index (κ3) is 1.90. The highest BCUT2D eigenvalue weighted by Crippen LogP contribution is 2.40. The van der Waals surface area contributed by atoms with Gasteiger partial charge in [0.15, 0.2) is 0 Å². The standard InChI is InChI=1S/C9H15NO/c1-2-9(7-10-8-11)5-3-4-6-9/h2-7H2,1H3. The molecule has 0 aromatic rings. The third-order valence-corrected chi connectivity index (χ3v) is 2.89. The largest absolute Gasteiger partial charge is 0.234 e. The molecule has 0 radical (unpaired) electrons. The van der Waals surface area contributed by atoms with Crippen molar-refractivity contribution in [2.75, 3.05) is 6.54 Å². The lowest BCUT2D eigenvalue weighted by molar-refractivity contribution is 0.297. The molecule has 1 aliphatic rings. The molecular formula is C9H15NO. The zero-order valence-corrected chi connectivity index (χ0v) is 7.10. The van der Waals surface area contributed by atoms with E-state index in [2.05, 4.69) is 11.9 Å². The number of hydrogen-bond acceptors (Lipinski definition) is 2. The van der Waals surface area contributed by atoms with E-state index in [0.29, 0.717) is 12.0 Å². The van der Waals surface area contributed by atoms with Crippen molar-refractivity contribution in [3.05, 3.63) is 0 Å². The summed E-state index contributed by atoms with van der Waals surface area (Å²) in [6.45, 7) is 2.89. The van der Waals surface area contributed by atoms with Crippen LogP contribution < -0.4 is 0 Å². The molecule has 2 nitrogen and oxygen atoms in total. The van der Waals surface area contributed by atoms with Crippen molar-refractivity contribution in [3.8, 4) is 0 Å². The lowest BCUT2D eigenvalue weighted by atomic mass is 9.84. The van der Waals surface area contributed by atoms with E-state index in [1.165, 1.54) is 25.7 Å². The Morgan fingerprint density at radius 2 is 2.09 bits per heavy atom. The fourth-order valence-electron chi connectivity index (χ4n) is 1.95. The SMILES string of the molecule is CCC1(CN=C=O)CCCC1. The van der Waals surface area contributed by atoms with Crippen molar-refractivity contribution in [2.45, 2.75) is 39.0 Å². The number of rotatable bonds is 3. The van der Waals surface area contributed by atoms with E-state index in [1.807, 2.05) is 0 Å². The summed E-state index contributed by atoms with van der Waals surface area (Å²) in [6, 6.07) is 0. The Bertz CT molecular complexity index is 164. The van der Waals surface area contributed by atoms with E-state index >= 15 is 0 Å². The minimum Gasteiger partial charge on any atom is -0.211 e. The summed E-state index contributed by atoms with van der Waals surface area (Å²) in [5.74, 6) is 0. The van der Waals surface area contributed by atoms with Gasteiger partial charge in [-0.25, -0.2) is 9.79 Å². The predicted molar refractivity (Wildman–Crippen MR) is 44.2 cm³/mol. The lowest BCUT2D eigenvalue weighted by Gasteiger charge is -2.23. The van der Waals surface area contributed by atoms with E-state index < -0.39 is 0 Å². The molecule has 0 aromatic carbocycles. The predicted octanol–water partition coefficient (Wildman–Crippen LogP) is 2.29. The van der Waals surface area contributed by atoms with Crippen LogP contribution in [-0.4, -0.2) is 12.6 Å². The Hall–Kier alpha value is -0.620. The van der Waals surface area contributed by atoms with Crippen molar-refractivity contribution in [3.63, 3.8) is 0 Å². The molecule has 0 bridgehead atoms. The summed E-state index contributed by atoms with van der Waals surface area (Å²) in [5, 5.41) is 0. The van der Waals surface area contributed by atoms with Gasteiger partial charge >= 0.3 is 0 Å². The molecule has 1 saturated carbocycles. The Labute approximate surface area is 67.7 Å². The second-order valence-corrected chi connectivity index (χ2v) is 3.47. The fraction of sp³-hybridized carbons (Fsp3) is 0.889. The third-order valence-electron chi connectivity index (χ3n) is 2.89. The average Bonchev–Trinajstić information content (AvgIpc) is 2.50. The molecule has 0 aromatic heterocycles. The summed E-state index contributed by atoms with van der Waals surface area (Å²) < 4.78 is 0. The van der Waals surface area contributed by atoms with Crippen LogP contribution in [0.15, 0.2) is 4.99 Å². The Morgan fingerprint density at radius 3 is 2.55 bits per heavy atom. The van der Waals surface area contributed by atoms with Gasteiger partial charge in [0.2, 0.25) is 6.08 Å². The van der Waals surface area contributed by atoms with Gasteiger partial charge in [0.25, 0.3) is 0 Å². The summed E-state index contributed by atoms with van der Waals surface area (Å²) in [6.07, 6.45) is 7.88. The van der Waals surface area contributed by atoms with Crippen molar-refractivity contribution in [1.29, 1.82) is 0 Å². The molecule has 0 aliphatic heterocycles. The molecule has 0 unspecified atom stereocenters. The normalized spacial score (nSPS) is 21.2. The van der Waals surface area contributed by atoms with Gasteiger partial charge in [-0.15, -0.1) is 0 Å². The molecule has 0 atom stereocenters. The monoisotopic (exact) mass is 153 g/mol. The van der Waals surface area contributed by atoms with Gasteiger partial charge in [-0.3, -0.25) is 0 Å². The molecule has 11 heavy (non-hydrogen) atoms. The molecule has 0 N–H and O–H groups in total. The quantitative estimate of drug-likeness (QED) is 0.452. The smallest absolute Gasteiger partial charge is 0.211 e. The molecule has 2 heteroatoms. The topological polar surface area (TPSA) is 29.4 Å². The summed E-state index contributed by atoms with van der Waals surface area (Å²) in [7, 11) is 0. The first-order chi connectivity index (χ1) is 5.33. The molecule has 1 fully saturated rings. The van der Waals surface area contributed by atoms with Gasteiger partial charge in [0.05, 0.1) is 6.54 Å². The zero-order valence-electron chi connectivity index (χ0n) is 7.10. The number of aliphatic imine (C=N–C) groups is 1. The van der Waals surface area contributed by atoms with Crippen molar-refractivity contribution in [2.24, 2.45) is 10.4 Å². The maximum absolute atomic E-state index is 9.93. The van der Waals surface area contributed by atoms with Crippen LogP contribution in [0.3, 0.4) is 0 Å². The summed E-state index contributed by atoms with van der Waals surface area (Å²) in [5.41, 5.74) is 0.359. The highest BCUT2D eigenvalue weighted by molar-refractivity contribution is 5.33. The first-order valence-electron chi connectivity index (χ1n) is 4.37. The van der Waals surface area contributed by atoms with Crippen LogP contribution in [0, 0.1) is 5.41 Å². The van der Waals surface area contributed by atoms with Crippen molar-refractivity contribution in [1.82, 2.24) is 0 Å². The van der Waals surface area contributed by atoms with Gasteiger partial charge in [0.1, 0.15) is 0 Å². The minimum absolute atomic E-state index is 0.359. The van der Waals surface area contributed by atoms with E-state index in [9.17, 15) is 4.79 Å². The van der Waals surface area contributed by atoms with Crippen LogP contribution in [0.1, 0.15) is 39.0 Å². The van der Waals surface area contributed by atoms with Gasteiger partial charge in [-0.2, -0.15) is 0 Å². The molecule has 0 spiro atoms. The molecule has 0 amide bonds. The van der Waals surface area contributed by atoms with E-state index in [0.717, 1.165) is 6.42 Å². The Balaban J connectivity index is 2.51. The van der Waals surface area contributed by atoms with Crippen molar-refractivity contribution < 1.29 is 4.79 Å². The average molecular weight is 153 g/mol. The van der Waals surface area contributed by atoms with Crippen LogP contribution >= 0.6 is 0 Å². The second-order valence-electron chi connectivity index (χ2n) is 3.47. The van der Waals surface area contributed by atoms with Gasteiger partial charge < -0.3 is 0 Å². The van der Waals surface area contributed by atoms with Gasteiger partial charge in [0, 0.05) is 0 Å².